The summed E-state index contributed by atoms with van der Waals surface area (Å²) in [5.74, 6) is -4.73. The monoisotopic (exact) mass is 424 g/mol. The third-order valence-electron chi connectivity index (χ3n) is 3.99. The molecule has 8 heteroatoms. The van der Waals surface area contributed by atoms with E-state index in [9.17, 15) is 13.2 Å². The summed E-state index contributed by atoms with van der Waals surface area (Å²) >= 11 is 0. The van der Waals surface area contributed by atoms with Gasteiger partial charge in [0, 0.05) is 63.4 Å². The van der Waals surface area contributed by atoms with E-state index in [1.54, 1.807) is 4.90 Å². The maximum atomic E-state index is 12.8. The van der Waals surface area contributed by atoms with Gasteiger partial charge < -0.3 is 10.2 Å². The lowest BCUT2D eigenvalue weighted by Gasteiger charge is -2.36. The van der Waals surface area contributed by atoms with Crippen molar-refractivity contribution in [1.82, 2.24) is 9.62 Å². The minimum Gasteiger partial charge on any atom is -0.369 e. The van der Waals surface area contributed by atoms with E-state index in [0.29, 0.717) is 44.5 Å². The number of rotatable bonds is 10. The highest BCUT2D eigenvalue weighted by Gasteiger charge is 2.17. The van der Waals surface area contributed by atoms with Crippen LogP contribution in [0.2, 0.25) is 2.82 Å². The summed E-state index contributed by atoms with van der Waals surface area (Å²) in [6.07, 6.45) is 0.369. The van der Waals surface area contributed by atoms with Crippen molar-refractivity contribution >= 4 is 27.3 Å². The molecule has 1 aliphatic heterocycles. The third kappa shape index (κ3) is 8.16. The van der Waals surface area contributed by atoms with Crippen molar-refractivity contribution in [1.29, 1.82) is 0 Å². The fraction of sp³-hybridized carbons (Fsp3) is 0.650. The number of benzene rings is 1. The Labute approximate surface area is 189 Å². The number of carbonyl (C=O) groups excluding carboxylic acids is 1. The lowest BCUT2D eigenvalue weighted by Crippen LogP contribution is -2.46. The van der Waals surface area contributed by atoms with Crippen molar-refractivity contribution in [3.05, 3.63) is 24.2 Å². The normalized spacial score (nSPS) is 25.0. The van der Waals surface area contributed by atoms with Crippen molar-refractivity contribution < 1.29 is 32.5 Å². The Hall–Kier alpha value is -1.64. The van der Waals surface area contributed by atoms with Crippen LogP contribution in [0.1, 0.15) is 49.9 Å². The Bertz CT molecular complexity index is 1240. The second-order valence-corrected chi connectivity index (χ2v) is 7.64. The number of nitrogens with one attached hydrogen (secondary N) is 2. The molecule has 2 rings (SSSR count). The summed E-state index contributed by atoms with van der Waals surface area (Å²) in [6.45, 7) is -5.09. The number of anilines is 2. The van der Waals surface area contributed by atoms with E-state index < -0.39 is 47.8 Å². The fourth-order valence-corrected chi connectivity index (χ4v) is 3.43. The van der Waals surface area contributed by atoms with Crippen LogP contribution in [0.25, 0.3) is 0 Å². The topological polar surface area (TPSA) is 81.8 Å². The zero-order valence-corrected chi connectivity index (χ0v) is 16.5. The van der Waals surface area contributed by atoms with Crippen LogP contribution in [0.3, 0.4) is 0 Å². The summed E-state index contributed by atoms with van der Waals surface area (Å²) in [6, 6.07) is 0.506. The van der Waals surface area contributed by atoms with Gasteiger partial charge in [-0.3, -0.25) is 9.69 Å². The molecule has 0 saturated carbocycles. The van der Waals surface area contributed by atoms with Crippen LogP contribution in [0.5, 0.6) is 0 Å². The number of sulfonamides is 1. The van der Waals surface area contributed by atoms with Crippen molar-refractivity contribution in [2.75, 3.05) is 55.2 Å². The van der Waals surface area contributed by atoms with Gasteiger partial charge >= 0.3 is 0 Å². The Morgan fingerprint density at radius 1 is 1.36 bits per heavy atom. The predicted molar refractivity (Wildman–Crippen MR) is 115 cm³/mol. The first kappa shape index (κ1) is 9.91. The molecule has 28 heavy (non-hydrogen) atoms. The van der Waals surface area contributed by atoms with Crippen LogP contribution in [0, 0.1) is 5.89 Å². The first-order chi connectivity index (χ1) is 18.9. The molecule has 0 radical (unpaired) electrons. The summed E-state index contributed by atoms with van der Waals surface area (Å²) in [5, 5.41) is 0.446. The van der Waals surface area contributed by atoms with E-state index in [-0.39, 0.29) is 40.6 Å². The zero-order valence-electron chi connectivity index (χ0n) is 29.7. The van der Waals surface area contributed by atoms with Gasteiger partial charge in [-0.2, -0.15) is 0 Å². The number of amides is 1. The van der Waals surface area contributed by atoms with E-state index in [1.165, 1.54) is 6.07 Å². The number of unbranched alkanes of at least 4 members (excludes halogenated alkanes) is 1. The summed E-state index contributed by atoms with van der Waals surface area (Å²) < 4.78 is 134. The number of nitrogens with zero attached hydrogens (tertiary/aromatic N) is 2. The van der Waals surface area contributed by atoms with Gasteiger partial charge in [0.25, 0.3) is 0 Å². The van der Waals surface area contributed by atoms with Gasteiger partial charge in [0.1, 0.15) is 1.41 Å². The smallest absolute Gasteiger partial charge is 0.221 e. The minimum absolute atomic E-state index is 0.0397. The molecule has 1 aliphatic rings. The summed E-state index contributed by atoms with van der Waals surface area (Å²) in [7, 11) is -5.51. The molecule has 7 nitrogen and oxygen atoms in total. The van der Waals surface area contributed by atoms with Crippen LogP contribution < -0.4 is 14.9 Å². The van der Waals surface area contributed by atoms with E-state index in [1.807, 2.05) is 4.90 Å². The quantitative estimate of drug-likeness (QED) is 0.562. The summed E-state index contributed by atoms with van der Waals surface area (Å²) in [4.78, 5) is 15.4. The van der Waals surface area contributed by atoms with Crippen LogP contribution in [-0.4, -0.2) is 64.2 Å². The second-order valence-electron chi connectivity index (χ2n) is 6.23. The minimum atomic E-state index is -5.51. The highest BCUT2D eigenvalue weighted by Crippen LogP contribution is 2.21. The van der Waals surface area contributed by atoms with Crippen molar-refractivity contribution in [3.63, 3.8) is 0 Å². The molecular weight excluding hydrogens is 376 g/mol. The molecule has 1 fully saturated rings. The lowest BCUT2D eigenvalue weighted by atomic mass is 10.2. The van der Waals surface area contributed by atoms with Crippen molar-refractivity contribution in [2.24, 2.45) is 5.89 Å². The second kappa shape index (κ2) is 10.8. The van der Waals surface area contributed by atoms with Crippen LogP contribution in [-0.2, 0) is 14.8 Å². The summed E-state index contributed by atoms with van der Waals surface area (Å²) in [5.41, 5.74) is -4.18. The molecule has 0 atom stereocenters. The Balaban J connectivity index is 2.01. The van der Waals surface area contributed by atoms with Gasteiger partial charge in [-0.15, -0.1) is 0 Å². The third-order valence-corrected chi connectivity index (χ3v) is 4.97. The first-order valence-corrected chi connectivity index (χ1v) is 10.3. The molecule has 1 aromatic carbocycles. The average molecular weight is 425 g/mol. The molecule has 1 saturated heterocycles. The van der Waals surface area contributed by atoms with Gasteiger partial charge in [-0.1, -0.05) is 19.8 Å². The number of hydrogen-bond donors (Lipinski definition) is 2. The van der Waals surface area contributed by atoms with Gasteiger partial charge in [-0.05, 0) is 43.4 Å². The average Bonchev–Trinajstić information content (AvgIpc) is 2.84. The molecule has 0 unspecified atom stereocenters. The van der Waals surface area contributed by atoms with Gasteiger partial charge in [-0.25, -0.2) is 13.1 Å². The molecule has 0 aliphatic carbocycles. The molecule has 2 N–H and O–H groups in total. The maximum Gasteiger partial charge on any atom is 0.221 e. The zero-order chi connectivity index (χ0) is 32.6. The molecule has 1 heterocycles. The maximum absolute atomic E-state index is 12.8. The lowest BCUT2D eigenvalue weighted by molar-refractivity contribution is -0.114. The fourth-order valence-electron chi connectivity index (χ4n) is 2.73. The number of hydrogen-bond acceptors (Lipinski definition) is 5. The molecule has 1 aromatic rings. The van der Waals surface area contributed by atoms with Crippen LogP contribution in [0.15, 0.2) is 24.2 Å². The van der Waals surface area contributed by atoms with Crippen LogP contribution >= 0.6 is 0 Å². The largest absolute Gasteiger partial charge is 0.369 e. The Morgan fingerprint density at radius 3 is 2.79 bits per heavy atom. The highest BCUT2D eigenvalue weighted by molar-refractivity contribution is 7.89. The molecule has 0 bridgehead atoms. The van der Waals surface area contributed by atoms with E-state index in [4.69, 9.17) is 19.3 Å². The SMILES string of the molecule is [2H]c1cc([2H])c(N([2H])C(C)=O)c([2H])c1N1CCN(CCCCN([2H])S(=O)(=O)C([2H])([2H])C([2H])(C([2H])([2H])[2H])C([2H])([2H])[2H])CC1. The van der Waals surface area contributed by atoms with Gasteiger partial charge in [0.2, 0.25) is 15.9 Å². The molecular formula is C20H34N4O3S. The number of piperazine rings is 1. The molecule has 158 valence electrons. The van der Waals surface area contributed by atoms with Gasteiger partial charge in [0.05, 0.1) is 9.82 Å². The Kier molecular flexibility index (Phi) is 3.82. The first-order valence-electron chi connectivity index (χ1n) is 15.7. The molecule has 0 spiro atoms. The molecule has 1 amide bonds. The van der Waals surface area contributed by atoms with E-state index in [0.717, 1.165) is 6.92 Å². The van der Waals surface area contributed by atoms with E-state index in [2.05, 4.69) is 0 Å². The van der Waals surface area contributed by atoms with Crippen molar-refractivity contribution in [3.8, 4) is 0 Å². The molecule has 0 aromatic heterocycles. The standard InChI is InChI=1S/C20H34N4O3S/c1-17(2)16-28(26,27)21-9-4-5-10-23-11-13-24(14-12-23)20-8-6-7-19(15-20)22-18(3)25/h6-8,15,17,21H,4-5,9-14,16H2,1-3H3,(H,22,25)/i1D3,2D3,7D,8D,15D,16D2,17D/hD2. The predicted octanol–water partition coefficient (Wildman–Crippen LogP) is 2.12. The van der Waals surface area contributed by atoms with Crippen LogP contribution in [0.4, 0.5) is 11.4 Å². The number of carbonyl (C=O) groups is 1. The van der Waals surface area contributed by atoms with Gasteiger partial charge in [0.15, 0.2) is 1.41 Å². The highest BCUT2D eigenvalue weighted by atomic mass is 32.2. The Morgan fingerprint density at radius 2 is 2.11 bits per heavy atom. The van der Waals surface area contributed by atoms with E-state index >= 15 is 0 Å². The van der Waals surface area contributed by atoms with Crippen molar-refractivity contribution in [2.45, 2.75) is 33.5 Å².